The van der Waals surface area contributed by atoms with Crippen LogP contribution in [0.25, 0.3) is 0 Å². The highest BCUT2D eigenvalue weighted by molar-refractivity contribution is 9.11. The first kappa shape index (κ1) is 9.56. The molecule has 1 aromatic rings. The van der Waals surface area contributed by atoms with Crippen molar-refractivity contribution in [2.45, 2.75) is 11.8 Å². The summed E-state index contributed by atoms with van der Waals surface area (Å²) in [5.74, 6) is 0. The van der Waals surface area contributed by atoms with E-state index in [9.17, 15) is 0 Å². The first-order valence-electron chi connectivity index (χ1n) is 3.20. The van der Waals surface area contributed by atoms with Crippen molar-refractivity contribution in [1.82, 2.24) is 0 Å². The number of hydrogen-bond acceptors (Lipinski definition) is 0. The predicted octanol–water partition coefficient (Wildman–Crippen LogP) is 4.56. The van der Waals surface area contributed by atoms with Gasteiger partial charge in [-0.2, -0.15) is 0 Å². The highest BCUT2D eigenvalue weighted by atomic mass is 79.9. The Morgan fingerprint density at radius 1 is 1.45 bits per heavy atom. The molecule has 1 unspecified atom stereocenters. The monoisotopic (exact) mass is 296 g/mol. The normalized spacial score (nSPS) is 13.1. The smallest absolute Gasteiger partial charge is 0.0409 e. The maximum atomic E-state index is 5.82. The van der Waals surface area contributed by atoms with E-state index >= 15 is 0 Å². The van der Waals surface area contributed by atoms with Gasteiger partial charge in [0.1, 0.15) is 0 Å². The van der Waals surface area contributed by atoms with Crippen LogP contribution in [0.15, 0.2) is 22.7 Å². The van der Waals surface area contributed by atoms with Crippen molar-refractivity contribution < 1.29 is 0 Å². The average molecular weight is 298 g/mol. The maximum Gasteiger partial charge on any atom is 0.0409 e. The molecule has 11 heavy (non-hydrogen) atoms. The van der Waals surface area contributed by atoms with Crippen LogP contribution in [0.3, 0.4) is 0 Å². The zero-order valence-electron chi connectivity index (χ0n) is 5.94. The van der Waals surface area contributed by atoms with Gasteiger partial charge in [0, 0.05) is 14.3 Å². The molecule has 0 N–H and O–H groups in total. The van der Waals surface area contributed by atoms with Crippen molar-refractivity contribution in [3.63, 3.8) is 0 Å². The van der Waals surface area contributed by atoms with Gasteiger partial charge in [-0.3, -0.25) is 0 Å². The molecule has 0 fully saturated rings. The van der Waals surface area contributed by atoms with Gasteiger partial charge in [-0.1, -0.05) is 43.5 Å². The van der Waals surface area contributed by atoms with Gasteiger partial charge in [-0.05, 0) is 30.7 Å². The number of rotatable bonds is 1. The molecule has 0 aliphatic rings. The predicted molar refractivity (Wildman–Crippen MR) is 56.5 cm³/mol. The van der Waals surface area contributed by atoms with Crippen LogP contribution in [-0.4, -0.2) is 0 Å². The Bertz CT molecular complexity index is 258. The van der Waals surface area contributed by atoms with Crippen molar-refractivity contribution in [2.75, 3.05) is 0 Å². The van der Waals surface area contributed by atoms with Crippen molar-refractivity contribution in [3.8, 4) is 0 Å². The van der Waals surface area contributed by atoms with E-state index < -0.39 is 0 Å². The second-order valence-corrected chi connectivity index (χ2v) is 4.95. The fourth-order valence-corrected chi connectivity index (χ4v) is 2.28. The lowest BCUT2D eigenvalue weighted by Crippen LogP contribution is -1.84. The van der Waals surface area contributed by atoms with E-state index in [1.807, 2.05) is 18.2 Å². The molecule has 1 rings (SSSR count). The molecule has 60 valence electrons. The molecule has 0 heterocycles. The molecule has 0 radical (unpaired) electrons. The fraction of sp³-hybridized carbons (Fsp3) is 0.250. The van der Waals surface area contributed by atoms with Crippen LogP contribution in [0.1, 0.15) is 17.3 Å². The van der Waals surface area contributed by atoms with Gasteiger partial charge in [0.05, 0.1) is 0 Å². The third kappa shape index (κ3) is 2.46. The molecule has 0 nitrogen and oxygen atoms in total. The second kappa shape index (κ2) is 3.92. The van der Waals surface area contributed by atoms with Crippen LogP contribution < -0.4 is 0 Å². The largest absolute Gasteiger partial charge is 0.0843 e. The molecule has 0 aliphatic carbocycles. The maximum absolute atomic E-state index is 5.82. The van der Waals surface area contributed by atoms with E-state index in [2.05, 4.69) is 38.8 Å². The minimum atomic E-state index is 0.329. The molecule has 0 aliphatic heterocycles. The summed E-state index contributed by atoms with van der Waals surface area (Å²) in [5, 5.41) is 0.773. The highest BCUT2D eigenvalue weighted by Gasteiger charge is 2.05. The summed E-state index contributed by atoms with van der Waals surface area (Å²) in [6.45, 7) is 2.07. The van der Waals surface area contributed by atoms with E-state index in [-0.39, 0.29) is 0 Å². The second-order valence-electron chi connectivity index (χ2n) is 2.28. The molecule has 0 saturated carbocycles. The number of alkyl halides is 1. The van der Waals surface area contributed by atoms with E-state index in [0.29, 0.717) is 4.83 Å². The lowest BCUT2D eigenvalue weighted by molar-refractivity contribution is 1.11. The Balaban J connectivity index is 3.13. The molecule has 1 aromatic carbocycles. The van der Waals surface area contributed by atoms with E-state index in [1.54, 1.807) is 0 Å². The van der Waals surface area contributed by atoms with Crippen molar-refractivity contribution >= 4 is 43.5 Å². The summed E-state index contributed by atoms with van der Waals surface area (Å²) >= 11 is 12.7. The Morgan fingerprint density at radius 3 is 2.55 bits per heavy atom. The van der Waals surface area contributed by atoms with E-state index in [4.69, 9.17) is 11.6 Å². The number of hydrogen-bond donors (Lipinski definition) is 0. The third-order valence-electron chi connectivity index (χ3n) is 1.39. The Labute approximate surface area is 88.2 Å². The minimum absolute atomic E-state index is 0.329. The molecule has 1 atom stereocenters. The van der Waals surface area contributed by atoms with Crippen molar-refractivity contribution in [1.29, 1.82) is 0 Å². The molecular formula is C8H7Br2Cl. The lowest BCUT2D eigenvalue weighted by Gasteiger charge is -2.06. The first-order chi connectivity index (χ1) is 5.11. The van der Waals surface area contributed by atoms with Crippen LogP contribution in [0, 0.1) is 0 Å². The Kier molecular flexibility index (Phi) is 3.41. The number of benzene rings is 1. The van der Waals surface area contributed by atoms with Gasteiger partial charge in [0.25, 0.3) is 0 Å². The fourth-order valence-electron chi connectivity index (χ4n) is 0.819. The van der Waals surface area contributed by atoms with Crippen LogP contribution in [-0.2, 0) is 0 Å². The lowest BCUT2D eigenvalue weighted by atomic mass is 10.2. The summed E-state index contributed by atoms with van der Waals surface area (Å²) in [4.78, 5) is 0.329. The van der Waals surface area contributed by atoms with E-state index in [0.717, 1.165) is 9.50 Å². The topological polar surface area (TPSA) is 0 Å². The van der Waals surface area contributed by atoms with Gasteiger partial charge in [-0.15, -0.1) is 0 Å². The van der Waals surface area contributed by atoms with Gasteiger partial charge in [0.2, 0.25) is 0 Å². The minimum Gasteiger partial charge on any atom is -0.0843 e. The first-order valence-corrected chi connectivity index (χ1v) is 5.29. The van der Waals surface area contributed by atoms with Crippen molar-refractivity contribution in [3.05, 3.63) is 33.3 Å². The molecule has 3 heteroatoms. The van der Waals surface area contributed by atoms with Gasteiger partial charge in [-0.25, -0.2) is 0 Å². The standard InChI is InChI=1S/C8H7Br2Cl/c1-5(9)7-4-6(11)2-3-8(7)10/h2-5H,1H3. The molecule has 0 amide bonds. The molecule has 0 aromatic heterocycles. The van der Waals surface area contributed by atoms with Crippen LogP contribution in [0.5, 0.6) is 0 Å². The Hall–Kier alpha value is 0.470. The quantitative estimate of drug-likeness (QED) is 0.667. The molecule has 0 spiro atoms. The summed E-state index contributed by atoms with van der Waals surface area (Å²) in [5.41, 5.74) is 1.18. The summed E-state index contributed by atoms with van der Waals surface area (Å²) in [7, 11) is 0. The third-order valence-corrected chi connectivity index (χ3v) is 2.84. The van der Waals surface area contributed by atoms with Crippen molar-refractivity contribution in [2.24, 2.45) is 0 Å². The summed E-state index contributed by atoms with van der Waals surface area (Å²) in [6, 6.07) is 5.77. The van der Waals surface area contributed by atoms with Gasteiger partial charge in [0.15, 0.2) is 0 Å². The van der Waals surface area contributed by atoms with E-state index in [1.165, 1.54) is 5.56 Å². The summed E-state index contributed by atoms with van der Waals surface area (Å²) in [6.07, 6.45) is 0. The summed E-state index contributed by atoms with van der Waals surface area (Å²) < 4.78 is 1.09. The molecular weight excluding hydrogens is 291 g/mol. The highest BCUT2D eigenvalue weighted by Crippen LogP contribution is 2.30. The van der Waals surface area contributed by atoms with Gasteiger partial charge < -0.3 is 0 Å². The molecule has 0 bridgehead atoms. The Morgan fingerprint density at radius 2 is 2.09 bits per heavy atom. The molecule has 0 saturated heterocycles. The van der Waals surface area contributed by atoms with Crippen LogP contribution in [0.4, 0.5) is 0 Å². The number of halogens is 3. The SMILES string of the molecule is CC(Br)c1cc(Cl)ccc1Br. The van der Waals surface area contributed by atoms with Crippen LogP contribution in [0.2, 0.25) is 5.02 Å². The zero-order chi connectivity index (χ0) is 8.43. The van der Waals surface area contributed by atoms with Gasteiger partial charge >= 0.3 is 0 Å². The van der Waals surface area contributed by atoms with Crippen LogP contribution >= 0.6 is 43.5 Å². The average Bonchev–Trinajstić information content (AvgIpc) is 1.94. The zero-order valence-corrected chi connectivity index (χ0v) is 9.87.